The highest BCUT2D eigenvalue weighted by atomic mass is 16.3. The van der Waals surface area contributed by atoms with E-state index in [2.05, 4.69) is 267 Å². The topological polar surface area (TPSA) is 77.8 Å². The molecule has 2 aliphatic carbocycles. The number of fused-ring (bicyclic) bond motifs is 17. The first-order valence-electron chi connectivity index (χ1n) is 30.6. The molecule has 6 heteroatoms. The molecular formula is C84H46N4O2. The van der Waals surface area contributed by atoms with E-state index in [0.717, 1.165) is 149 Å². The molecule has 5 heterocycles. The molecule has 0 amide bonds. The monoisotopic (exact) mass is 1140 g/mol. The van der Waals surface area contributed by atoms with Crippen LogP contribution in [0.15, 0.2) is 288 Å². The van der Waals surface area contributed by atoms with Crippen molar-refractivity contribution < 1.29 is 8.83 Å². The van der Waals surface area contributed by atoms with E-state index in [9.17, 15) is 0 Å². The van der Waals surface area contributed by atoms with Gasteiger partial charge in [0, 0.05) is 60.1 Å². The lowest BCUT2D eigenvalue weighted by atomic mass is 9.91. The van der Waals surface area contributed by atoms with Gasteiger partial charge >= 0.3 is 0 Å². The van der Waals surface area contributed by atoms with Crippen molar-refractivity contribution >= 4 is 87.2 Å². The van der Waals surface area contributed by atoms with Crippen molar-refractivity contribution in [3.05, 3.63) is 279 Å². The first kappa shape index (κ1) is 49.0. The van der Waals surface area contributed by atoms with E-state index in [1.807, 2.05) is 12.1 Å². The van der Waals surface area contributed by atoms with Gasteiger partial charge in [0.1, 0.15) is 22.3 Å². The number of nitrogens with zero attached hydrogens (tertiary/aromatic N) is 4. The molecule has 0 radical (unpaired) electrons. The van der Waals surface area contributed by atoms with Crippen molar-refractivity contribution in [2.75, 3.05) is 0 Å². The summed E-state index contributed by atoms with van der Waals surface area (Å²) >= 11 is 0. The van der Waals surface area contributed by atoms with Gasteiger partial charge in [-0.3, -0.25) is 0 Å². The van der Waals surface area contributed by atoms with Gasteiger partial charge < -0.3 is 8.83 Å². The SMILES string of the molecule is c1ccc(-c2cccc(-c3cc(-c4ccccc4)nc(-c4ccc5c(c4)oc4cc6c7c(cccc7c45)-c4cccc(-c5cccc(-c7ccc8ccc9ccc(-c%10ccc%11c(c%10)oc%10cc%12c%13c(cccc%13c%10%11)-c%10ccccc%10-%12)nc9c8n7)c5)c4-6)n3)c2)cc1. The van der Waals surface area contributed by atoms with E-state index in [-0.39, 0.29) is 0 Å². The summed E-state index contributed by atoms with van der Waals surface area (Å²) in [6, 6.07) is 99.4. The molecule has 6 nitrogen and oxygen atoms in total. The summed E-state index contributed by atoms with van der Waals surface area (Å²) in [5.74, 6) is 0.633. The molecule has 2 aliphatic rings. The molecule has 0 aliphatic heterocycles. The molecule has 0 N–H and O–H groups in total. The molecule has 0 fully saturated rings. The Morgan fingerprint density at radius 3 is 1.36 bits per heavy atom. The van der Waals surface area contributed by atoms with E-state index < -0.39 is 0 Å². The Bertz CT molecular complexity index is 6160. The first-order valence-corrected chi connectivity index (χ1v) is 30.6. The number of pyridine rings is 2. The maximum atomic E-state index is 7.00. The van der Waals surface area contributed by atoms with Gasteiger partial charge in [0.05, 0.1) is 33.8 Å². The van der Waals surface area contributed by atoms with Crippen molar-refractivity contribution in [3.63, 3.8) is 0 Å². The summed E-state index contributed by atoms with van der Waals surface area (Å²) in [4.78, 5) is 21.3. The third-order valence-electron chi connectivity index (χ3n) is 18.9. The van der Waals surface area contributed by atoms with Crippen LogP contribution in [0.4, 0.5) is 0 Å². The fourth-order valence-electron chi connectivity index (χ4n) is 14.8. The second-order valence-electron chi connectivity index (χ2n) is 23.9. The van der Waals surface area contributed by atoms with Gasteiger partial charge in [-0.1, -0.05) is 212 Å². The van der Waals surface area contributed by atoms with E-state index in [1.165, 1.54) is 55.1 Å². The molecule has 90 heavy (non-hydrogen) atoms. The lowest BCUT2D eigenvalue weighted by molar-refractivity contribution is 0.669. The van der Waals surface area contributed by atoms with Gasteiger partial charge in [0.25, 0.3) is 0 Å². The normalized spacial score (nSPS) is 12.2. The molecule has 13 aromatic carbocycles. The minimum Gasteiger partial charge on any atom is -0.456 e. The molecule has 0 unspecified atom stereocenters. The van der Waals surface area contributed by atoms with Crippen LogP contribution in [0.3, 0.4) is 0 Å². The van der Waals surface area contributed by atoms with Crippen molar-refractivity contribution in [1.82, 2.24) is 19.9 Å². The van der Waals surface area contributed by atoms with Crippen LogP contribution in [0.1, 0.15) is 0 Å². The zero-order valence-corrected chi connectivity index (χ0v) is 48.2. The zero-order valence-electron chi connectivity index (χ0n) is 48.2. The lowest BCUT2D eigenvalue weighted by Gasteiger charge is -2.12. The smallest absolute Gasteiger partial charge is 0.160 e. The quantitative estimate of drug-likeness (QED) is 0.148. The number of aromatic nitrogens is 4. The Morgan fingerprint density at radius 2 is 0.667 bits per heavy atom. The van der Waals surface area contributed by atoms with Crippen LogP contribution in [0, 0.1) is 0 Å². The van der Waals surface area contributed by atoms with E-state index in [1.54, 1.807) is 0 Å². The van der Waals surface area contributed by atoms with Crippen LogP contribution < -0.4 is 0 Å². The largest absolute Gasteiger partial charge is 0.456 e. The van der Waals surface area contributed by atoms with Crippen LogP contribution in [0.25, 0.3) is 210 Å². The average molecular weight is 1140 g/mol. The molecule has 0 bridgehead atoms. The summed E-state index contributed by atoms with van der Waals surface area (Å²) in [5.41, 5.74) is 27.8. The molecule has 20 rings (SSSR count). The minimum absolute atomic E-state index is 0.633. The zero-order chi connectivity index (χ0) is 58.7. The first-order chi connectivity index (χ1) is 44.6. The lowest BCUT2D eigenvalue weighted by Crippen LogP contribution is -1.96. The minimum atomic E-state index is 0.633. The molecule has 0 saturated carbocycles. The highest BCUT2D eigenvalue weighted by Gasteiger charge is 2.29. The predicted molar refractivity (Wildman–Crippen MR) is 369 cm³/mol. The fraction of sp³-hybridized carbons (Fsp3) is 0. The number of furan rings is 2. The maximum Gasteiger partial charge on any atom is 0.160 e. The molecule has 0 atom stereocenters. The molecule has 5 aromatic heterocycles. The van der Waals surface area contributed by atoms with E-state index in [4.69, 9.17) is 28.8 Å². The Hall–Kier alpha value is -12.1. The third kappa shape index (κ3) is 7.27. The highest BCUT2D eigenvalue weighted by molar-refractivity contribution is 6.30. The van der Waals surface area contributed by atoms with Crippen molar-refractivity contribution in [2.24, 2.45) is 0 Å². The Kier molecular flexibility index (Phi) is 10.2. The van der Waals surface area contributed by atoms with Gasteiger partial charge in [-0.05, 0) is 155 Å². The van der Waals surface area contributed by atoms with Gasteiger partial charge in [0.15, 0.2) is 5.82 Å². The average Bonchev–Trinajstić information content (AvgIpc) is 1.70. The van der Waals surface area contributed by atoms with E-state index >= 15 is 0 Å². The van der Waals surface area contributed by atoms with Gasteiger partial charge in [-0.15, -0.1) is 0 Å². The van der Waals surface area contributed by atoms with Crippen LogP contribution in [-0.4, -0.2) is 19.9 Å². The van der Waals surface area contributed by atoms with Crippen molar-refractivity contribution in [3.8, 4) is 123 Å². The summed E-state index contributed by atoms with van der Waals surface area (Å²) in [6.45, 7) is 0. The fourth-order valence-corrected chi connectivity index (χ4v) is 14.8. The summed E-state index contributed by atoms with van der Waals surface area (Å²) in [6.07, 6.45) is 0. The number of hydrogen-bond acceptors (Lipinski definition) is 6. The van der Waals surface area contributed by atoms with Gasteiger partial charge in [0.2, 0.25) is 0 Å². The van der Waals surface area contributed by atoms with Crippen molar-refractivity contribution in [2.45, 2.75) is 0 Å². The summed E-state index contributed by atoms with van der Waals surface area (Å²) < 4.78 is 13.8. The van der Waals surface area contributed by atoms with Gasteiger partial charge in [-0.2, -0.15) is 0 Å². The summed E-state index contributed by atoms with van der Waals surface area (Å²) in [7, 11) is 0. The highest BCUT2D eigenvalue weighted by Crippen LogP contribution is 2.55. The Balaban J connectivity index is 0.660. The standard InChI is InChI=1S/C84H46N4O2/c1-3-14-47(15-4-1)51-18-9-21-54(40-51)72-46-71(48-16-5-2-6-17-48)87-84(88-72)56-33-37-64-74(43-56)90-76-45-68-77-57(24-11-26-61(77)62-27-13-29-66(79(62)68)81(64)76)52-19-10-20-53(41-52)69-38-34-49-30-31-50-35-39-70(86-83(50)82(49)85-69)55-32-36-63-73(42-55)89-75-44-67-59-23-8-7-22-58(59)60-25-12-28-65(78(60)67)80(63)75/h1-46H. The number of benzene rings is 13. The third-order valence-corrected chi connectivity index (χ3v) is 18.9. The molecule has 414 valence electrons. The second kappa shape index (κ2) is 18.7. The maximum absolute atomic E-state index is 7.00. The molecule has 0 saturated heterocycles. The van der Waals surface area contributed by atoms with Crippen LogP contribution >= 0.6 is 0 Å². The predicted octanol–water partition coefficient (Wildman–Crippen LogP) is 22.6. The Morgan fingerprint density at radius 1 is 0.211 bits per heavy atom. The number of hydrogen-bond donors (Lipinski definition) is 0. The van der Waals surface area contributed by atoms with Crippen molar-refractivity contribution in [1.29, 1.82) is 0 Å². The van der Waals surface area contributed by atoms with Gasteiger partial charge in [-0.25, -0.2) is 19.9 Å². The van der Waals surface area contributed by atoms with Crippen LogP contribution in [-0.2, 0) is 0 Å². The Labute approximate surface area is 515 Å². The number of rotatable bonds is 7. The van der Waals surface area contributed by atoms with E-state index in [0.29, 0.717) is 5.82 Å². The van der Waals surface area contributed by atoms with Crippen LogP contribution in [0.5, 0.6) is 0 Å². The second-order valence-corrected chi connectivity index (χ2v) is 23.9. The molecular weight excluding hydrogens is 1100 g/mol. The molecule has 0 spiro atoms. The van der Waals surface area contributed by atoms with Crippen LogP contribution in [0.2, 0.25) is 0 Å². The molecule has 18 aromatic rings. The summed E-state index contributed by atoms with van der Waals surface area (Å²) in [5, 5.41) is 11.4.